The molecule has 1 fully saturated rings. The van der Waals surface area contributed by atoms with Gasteiger partial charge in [0.15, 0.2) is 0 Å². The third-order valence-electron chi connectivity index (χ3n) is 5.69. The number of nitrogens with zero attached hydrogens (tertiary/aromatic N) is 1. The Morgan fingerprint density at radius 1 is 0.970 bits per heavy atom. The predicted molar refractivity (Wildman–Crippen MR) is 119 cm³/mol. The van der Waals surface area contributed by atoms with Crippen molar-refractivity contribution in [1.29, 1.82) is 0 Å². The van der Waals surface area contributed by atoms with Crippen LogP contribution in [0.25, 0.3) is 16.5 Å². The summed E-state index contributed by atoms with van der Waals surface area (Å²) in [5.41, 5.74) is -0.192. The maximum Gasteiger partial charge on any atom is 0.300 e. The third-order valence-corrected chi connectivity index (χ3v) is 5.69. The summed E-state index contributed by atoms with van der Waals surface area (Å²) < 4.78 is 33.9. The number of halogens is 2. The van der Waals surface area contributed by atoms with E-state index in [1.54, 1.807) is 43.3 Å². The quantitative estimate of drug-likeness (QED) is 0.252. The van der Waals surface area contributed by atoms with Gasteiger partial charge in [-0.15, -0.1) is 0 Å². The van der Waals surface area contributed by atoms with Crippen LogP contribution in [0.1, 0.15) is 23.1 Å². The molecule has 33 heavy (non-hydrogen) atoms. The van der Waals surface area contributed by atoms with E-state index >= 15 is 0 Å². The lowest BCUT2D eigenvalue weighted by atomic mass is 9.96. The van der Waals surface area contributed by atoms with Gasteiger partial charge in [-0.1, -0.05) is 42.5 Å². The Kier molecular flexibility index (Phi) is 4.82. The maximum absolute atomic E-state index is 14.7. The smallest absolute Gasteiger partial charge is 0.300 e. The highest BCUT2D eigenvalue weighted by Gasteiger charge is 2.49. The average Bonchev–Trinajstić information content (AvgIpc) is 3.34. The van der Waals surface area contributed by atoms with E-state index in [0.717, 1.165) is 22.4 Å². The Balaban J connectivity index is 1.78. The van der Waals surface area contributed by atoms with Crippen LogP contribution in [0.15, 0.2) is 82.8 Å². The van der Waals surface area contributed by atoms with Crippen molar-refractivity contribution >= 4 is 33.9 Å². The summed E-state index contributed by atoms with van der Waals surface area (Å²) in [4.78, 5) is 27.1. The van der Waals surface area contributed by atoms with Gasteiger partial charge in [-0.25, -0.2) is 8.78 Å². The van der Waals surface area contributed by atoms with E-state index in [0.29, 0.717) is 22.8 Å². The minimum atomic E-state index is -1.24. The molecule has 5 nitrogen and oxygen atoms in total. The molecule has 1 N–H and O–H groups in total. The second-order valence-electron chi connectivity index (χ2n) is 7.74. The van der Waals surface area contributed by atoms with Crippen molar-refractivity contribution in [1.82, 2.24) is 0 Å². The van der Waals surface area contributed by atoms with Crippen molar-refractivity contribution in [3.05, 3.63) is 107 Å². The van der Waals surface area contributed by atoms with E-state index < -0.39 is 35.1 Å². The van der Waals surface area contributed by atoms with E-state index in [-0.39, 0.29) is 17.0 Å². The van der Waals surface area contributed by atoms with Crippen LogP contribution in [0.4, 0.5) is 14.5 Å². The Hall–Kier alpha value is -4.26. The van der Waals surface area contributed by atoms with E-state index in [4.69, 9.17) is 4.42 Å². The Bertz CT molecular complexity index is 1460. The van der Waals surface area contributed by atoms with Crippen molar-refractivity contribution in [2.45, 2.75) is 13.0 Å². The van der Waals surface area contributed by atoms with Crippen molar-refractivity contribution in [2.24, 2.45) is 0 Å². The summed E-state index contributed by atoms with van der Waals surface area (Å²) in [6, 6.07) is 17.1. The number of aliphatic hydroxyl groups is 1. The molecule has 1 unspecified atom stereocenters. The zero-order valence-electron chi connectivity index (χ0n) is 17.4. The molecule has 164 valence electrons. The summed E-state index contributed by atoms with van der Waals surface area (Å²) in [7, 11) is 0. The standard InChI is InChI=1S/C26H17F2NO4/c1-14-9-12-21(33-14)23-22(24(30)18-8-4-6-15-5-2-3-7-17(15)18)25(31)26(32)29(23)20-11-10-16(27)13-19(20)28/h2-13,23,30H,1H3/b24-22-. The van der Waals surface area contributed by atoms with Crippen LogP contribution >= 0.6 is 0 Å². The number of hydrogen-bond acceptors (Lipinski definition) is 4. The van der Waals surface area contributed by atoms with Crippen molar-refractivity contribution in [3.63, 3.8) is 0 Å². The molecule has 7 heteroatoms. The largest absolute Gasteiger partial charge is 0.507 e. The lowest BCUT2D eigenvalue weighted by Crippen LogP contribution is -2.30. The summed E-state index contributed by atoms with van der Waals surface area (Å²) >= 11 is 0. The van der Waals surface area contributed by atoms with Gasteiger partial charge in [0.05, 0.1) is 11.3 Å². The number of rotatable bonds is 3. The monoisotopic (exact) mass is 445 g/mol. The van der Waals surface area contributed by atoms with Gasteiger partial charge >= 0.3 is 0 Å². The van der Waals surface area contributed by atoms with E-state index in [2.05, 4.69) is 0 Å². The number of aliphatic hydroxyl groups excluding tert-OH is 1. The lowest BCUT2D eigenvalue weighted by Gasteiger charge is -2.24. The summed E-state index contributed by atoms with van der Waals surface area (Å²) in [6.07, 6.45) is 0. The second-order valence-corrected chi connectivity index (χ2v) is 7.74. The molecule has 2 heterocycles. The maximum atomic E-state index is 14.7. The number of benzene rings is 3. The van der Waals surface area contributed by atoms with Gasteiger partial charge in [-0.05, 0) is 42.0 Å². The highest BCUT2D eigenvalue weighted by atomic mass is 19.1. The van der Waals surface area contributed by atoms with Crippen molar-refractivity contribution in [3.8, 4) is 0 Å². The van der Waals surface area contributed by atoms with Crippen LogP contribution in [0.2, 0.25) is 0 Å². The number of Topliss-reactive ketones (excluding diaryl/α,β-unsaturated/α-hetero) is 1. The van der Waals surface area contributed by atoms with Crippen LogP contribution in [0.5, 0.6) is 0 Å². The first kappa shape index (κ1) is 20.6. The fourth-order valence-electron chi connectivity index (χ4n) is 4.20. The van der Waals surface area contributed by atoms with Crippen LogP contribution < -0.4 is 4.90 Å². The number of hydrogen-bond donors (Lipinski definition) is 1. The number of anilines is 1. The molecule has 1 atom stereocenters. The number of carbonyl (C=O) groups excluding carboxylic acids is 2. The number of fused-ring (bicyclic) bond motifs is 1. The first-order valence-corrected chi connectivity index (χ1v) is 10.2. The molecule has 1 aromatic heterocycles. The van der Waals surface area contributed by atoms with Gasteiger partial charge in [0.1, 0.15) is 35.0 Å². The van der Waals surface area contributed by atoms with Crippen LogP contribution in [0, 0.1) is 18.6 Å². The van der Waals surface area contributed by atoms with Gasteiger partial charge in [-0.3, -0.25) is 14.5 Å². The number of furan rings is 1. The molecule has 0 spiro atoms. The van der Waals surface area contributed by atoms with Gasteiger partial charge in [0, 0.05) is 11.6 Å². The van der Waals surface area contributed by atoms with E-state index in [1.165, 1.54) is 0 Å². The molecule has 4 aromatic rings. The summed E-state index contributed by atoms with van der Waals surface area (Å²) in [5, 5.41) is 12.8. The van der Waals surface area contributed by atoms with E-state index in [9.17, 15) is 23.5 Å². The molecular formula is C26H17F2NO4. The van der Waals surface area contributed by atoms with Crippen LogP contribution in [0.3, 0.4) is 0 Å². The first-order valence-electron chi connectivity index (χ1n) is 10.2. The predicted octanol–water partition coefficient (Wildman–Crippen LogP) is 5.65. The molecule has 0 aliphatic carbocycles. The molecule has 1 aliphatic heterocycles. The number of aryl methyl sites for hydroxylation is 1. The molecule has 0 radical (unpaired) electrons. The Morgan fingerprint density at radius 3 is 2.45 bits per heavy atom. The van der Waals surface area contributed by atoms with Crippen molar-refractivity contribution in [2.75, 3.05) is 4.90 Å². The number of ketones is 1. The van der Waals surface area contributed by atoms with Gasteiger partial charge in [-0.2, -0.15) is 0 Å². The zero-order valence-corrected chi connectivity index (χ0v) is 17.4. The SMILES string of the molecule is Cc1ccc(C2/C(=C(/O)c3cccc4ccccc34)C(=O)C(=O)N2c2ccc(F)cc2F)o1. The fourth-order valence-corrected chi connectivity index (χ4v) is 4.20. The van der Waals surface area contributed by atoms with E-state index in [1.807, 2.05) is 18.2 Å². The summed E-state index contributed by atoms with van der Waals surface area (Å²) in [5.74, 6) is -3.64. The van der Waals surface area contributed by atoms with Gasteiger partial charge in [0.25, 0.3) is 11.7 Å². The van der Waals surface area contributed by atoms with Crippen molar-refractivity contribution < 1.29 is 27.9 Å². The average molecular weight is 445 g/mol. The molecule has 1 saturated heterocycles. The Morgan fingerprint density at radius 2 is 1.73 bits per heavy atom. The highest BCUT2D eigenvalue weighted by molar-refractivity contribution is 6.51. The lowest BCUT2D eigenvalue weighted by molar-refractivity contribution is -0.132. The molecule has 5 rings (SSSR count). The number of amides is 1. The minimum Gasteiger partial charge on any atom is -0.507 e. The van der Waals surface area contributed by atoms with Crippen LogP contribution in [-0.4, -0.2) is 16.8 Å². The fraction of sp³-hybridized carbons (Fsp3) is 0.0769. The molecule has 0 bridgehead atoms. The molecule has 3 aromatic carbocycles. The molecule has 1 aliphatic rings. The molecular weight excluding hydrogens is 428 g/mol. The first-order chi connectivity index (χ1) is 15.9. The highest BCUT2D eigenvalue weighted by Crippen LogP contribution is 2.44. The minimum absolute atomic E-state index is 0.164. The normalized spacial score (nSPS) is 17.8. The molecule has 1 amide bonds. The third kappa shape index (κ3) is 3.29. The summed E-state index contributed by atoms with van der Waals surface area (Å²) in [6.45, 7) is 1.68. The van der Waals surface area contributed by atoms with Gasteiger partial charge in [0.2, 0.25) is 0 Å². The molecule has 0 saturated carbocycles. The van der Waals surface area contributed by atoms with Crippen LogP contribution in [-0.2, 0) is 9.59 Å². The van der Waals surface area contributed by atoms with Gasteiger partial charge < -0.3 is 9.52 Å². The second kappa shape index (κ2) is 7.70. The topological polar surface area (TPSA) is 70.8 Å². The Labute approximate surface area is 187 Å². The number of carbonyl (C=O) groups is 2. The zero-order chi connectivity index (χ0) is 23.3.